The highest BCUT2D eigenvalue weighted by Gasteiger charge is 2.41. The van der Waals surface area contributed by atoms with Crippen LogP contribution in [0.2, 0.25) is 5.02 Å². The minimum atomic E-state index is -3.79. The summed E-state index contributed by atoms with van der Waals surface area (Å²) in [7, 11) is -2.07. The fourth-order valence-electron chi connectivity index (χ4n) is 3.62. The number of nitrogens with zero attached hydrogens (tertiary/aromatic N) is 3. The van der Waals surface area contributed by atoms with Gasteiger partial charge in [-0.15, -0.1) is 0 Å². The number of halogens is 2. The van der Waals surface area contributed by atoms with Crippen LogP contribution < -0.4 is 5.32 Å². The van der Waals surface area contributed by atoms with Crippen molar-refractivity contribution in [3.8, 4) is 0 Å². The summed E-state index contributed by atoms with van der Waals surface area (Å²) in [5.41, 5.74) is 1.27. The molecule has 2 heterocycles. The summed E-state index contributed by atoms with van der Waals surface area (Å²) in [5.74, 6) is -0.706. The predicted molar refractivity (Wildman–Crippen MR) is 110 cm³/mol. The van der Waals surface area contributed by atoms with Gasteiger partial charge in [-0.25, -0.2) is 17.8 Å². The van der Waals surface area contributed by atoms with Gasteiger partial charge in [0.05, 0.1) is 6.33 Å². The second-order valence-electron chi connectivity index (χ2n) is 7.09. The summed E-state index contributed by atoms with van der Waals surface area (Å²) in [6.45, 7) is 0.353. The third-order valence-electron chi connectivity index (χ3n) is 5.07. The maximum absolute atomic E-state index is 14.5. The Morgan fingerprint density at radius 1 is 1.14 bits per heavy atom. The smallest absolute Gasteiger partial charge is 0.262 e. The van der Waals surface area contributed by atoms with Crippen LogP contribution in [0.1, 0.15) is 11.5 Å². The Morgan fingerprint density at radius 2 is 1.86 bits per heavy atom. The Labute approximate surface area is 174 Å². The number of anilines is 1. The van der Waals surface area contributed by atoms with Crippen LogP contribution in [0.5, 0.6) is 0 Å². The van der Waals surface area contributed by atoms with Crippen LogP contribution >= 0.6 is 11.6 Å². The van der Waals surface area contributed by atoms with Crippen molar-refractivity contribution >= 4 is 27.3 Å². The molecule has 2 unspecified atom stereocenters. The summed E-state index contributed by atoms with van der Waals surface area (Å²) >= 11 is 5.95. The van der Waals surface area contributed by atoms with Gasteiger partial charge >= 0.3 is 0 Å². The Morgan fingerprint density at radius 3 is 2.52 bits per heavy atom. The molecule has 0 radical (unpaired) electrons. The van der Waals surface area contributed by atoms with Gasteiger partial charge in [-0.2, -0.15) is 4.31 Å². The molecule has 6 nitrogen and oxygen atoms in total. The van der Waals surface area contributed by atoms with Crippen LogP contribution in [-0.4, -0.2) is 41.4 Å². The molecule has 0 aliphatic carbocycles. The first-order valence-electron chi connectivity index (χ1n) is 9.09. The van der Waals surface area contributed by atoms with E-state index in [1.54, 1.807) is 41.9 Å². The van der Waals surface area contributed by atoms with Crippen molar-refractivity contribution in [3.63, 3.8) is 0 Å². The largest absolute Gasteiger partial charge is 0.380 e. The molecular formula is C20H20ClFN4O2S. The van der Waals surface area contributed by atoms with E-state index in [1.165, 1.54) is 22.9 Å². The molecule has 1 aromatic heterocycles. The van der Waals surface area contributed by atoms with E-state index in [9.17, 15) is 12.8 Å². The monoisotopic (exact) mass is 434 g/mol. The fraction of sp³-hybridized carbons (Fsp3) is 0.250. The Hall–Kier alpha value is -2.42. The van der Waals surface area contributed by atoms with E-state index >= 15 is 0 Å². The topological polar surface area (TPSA) is 67.2 Å². The zero-order chi connectivity index (χ0) is 20.6. The first kappa shape index (κ1) is 19.9. The normalized spacial score (nSPS) is 20.1. The number of imidazole rings is 1. The van der Waals surface area contributed by atoms with E-state index < -0.39 is 10.0 Å². The maximum atomic E-state index is 14.5. The number of aryl methyl sites for hydroxylation is 1. The van der Waals surface area contributed by atoms with E-state index in [1.807, 2.05) is 12.1 Å². The van der Waals surface area contributed by atoms with E-state index in [4.69, 9.17) is 11.6 Å². The second-order valence-corrected chi connectivity index (χ2v) is 9.41. The molecule has 152 valence electrons. The highest BCUT2D eigenvalue weighted by molar-refractivity contribution is 7.89. The average Bonchev–Trinajstić information content (AvgIpc) is 3.31. The quantitative estimate of drug-likeness (QED) is 0.667. The summed E-state index contributed by atoms with van der Waals surface area (Å²) < 4.78 is 43.6. The molecule has 2 aromatic carbocycles. The van der Waals surface area contributed by atoms with Crippen molar-refractivity contribution in [3.05, 3.63) is 77.5 Å². The third kappa shape index (κ3) is 4.01. The lowest BCUT2D eigenvalue weighted by atomic mass is 9.93. The number of nitrogens with one attached hydrogen (secondary N) is 1. The summed E-state index contributed by atoms with van der Waals surface area (Å²) in [6.07, 6.45) is 2.91. The van der Waals surface area contributed by atoms with Gasteiger partial charge in [-0.3, -0.25) is 0 Å². The molecule has 1 aliphatic heterocycles. The molecular weight excluding hydrogens is 415 g/mol. The lowest BCUT2D eigenvalue weighted by Gasteiger charge is -2.21. The van der Waals surface area contributed by atoms with Gasteiger partial charge < -0.3 is 9.88 Å². The lowest BCUT2D eigenvalue weighted by Crippen LogP contribution is -2.32. The van der Waals surface area contributed by atoms with E-state index in [2.05, 4.69) is 10.3 Å². The minimum absolute atomic E-state index is 0.0144. The summed E-state index contributed by atoms with van der Waals surface area (Å²) in [6, 6.07) is 13.3. The molecule has 1 saturated heterocycles. The van der Waals surface area contributed by atoms with E-state index in [-0.39, 0.29) is 35.9 Å². The lowest BCUT2D eigenvalue weighted by molar-refractivity contribution is 0.467. The predicted octanol–water partition coefficient (Wildman–Crippen LogP) is 3.48. The fourth-order valence-corrected chi connectivity index (χ4v) is 5.20. The van der Waals surface area contributed by atoms with Crippen LogP contribution in [0.15, 0.2) is 66.1 Å². The van der Waals surface area contributed by atoms with E-state index in [0.717, 1.165) is 5.69 Å². The van der Waals surface area contributed by atoms with Gasteiger partial charge in [-0.1, -0.05) is 29.8 Å². The van der Waals surface area contributed by atoms with Crippen LogP contribution in [0.3, 0.4) is 0 Å². The Kier molecular flexibility index (Phi) is 5.33. The number of aromatic nitrogens is 2. The first-order valence-corrected chi connectivity index (χ1v) is 10.9. The van der Waals surface area contributed by atoms with Crippen molar-refractivity contribution in [1.29, 1.82) is 0 Å². The van der Waals surface area contributed by atoms with Crippen molar-refractivity contribution < 1.29 is 12.8 Å². The van der Waals surface area contributed by atoms with Crippen LogP contribution in [0.4, 0.5) is 10.1 Å². The van der Waals surface area contributed by atoms with Crippen molar-refractivity contribution in [1.82, 2.24) is 13.9 Å². The zero-order valence-corrected chi connectivity index (χ0v) is 17.2. The molecule has 2 atom stereocenters. The Bertz CT molecular complexity index is 1120. The van der Waals surface area contributed by atoms with Gasteiger partial charge in [0.25, 0.3) is 10.0 Å². The standard InChI is InChI=1S/C20H20ClFN4O2S/c1-25-12-20(23-13-25)29(27,28)26-10-17(16-4-2-3-5-18(16)22)19(11-26)24-15-8-6-14(21)7-9-15/h2-9,12-13,17,19,24H,10-11H2,1H3. The molecule has 1 N–H and O–H groups in total. The van der Waals surface area contributed by atoms with Crippen molar-refractivity contribution in [2.75, 3.05) is 18.4 Å². The average molecular weight is 435 g/mol. The molecule has 9 heteroatoms. The van der Waals surface area contributed by atoms with Gasteiger partial charge in [0, 0.05) is 49.0 Å². The van der Waals surface area contributed by atoms with Gasteiger partial charge in [-0.05, 0) is 35.9 Å². The van der Waals surface area contributed by atoms with Crippen molar-refractivity contribution in [2.24, 2.45) is 7.05 Å². The SMILES string of the molecule is Cn1cnc(S(=O)(=O)N2CC(Nc3ccc(Cl)cc3)C(c3ccccc3F)C2)c1. The molecule has 0 bridgehead atoms. The number of hydrogen-bond donors (Lipinski definition) is 1. The number of sulfonamides is 1. The molecule has 3 aromatic rings. The molecule has 0 amide bonds. The molecule has 0 spiro atoms. The van der Waals surface area contributed by atoms with Crippen LogP contribution in [0.25, 0.3) is 0 Å². The number of hydrogen-bond acceptors (Lipinski definition) is 4. The maximum Gasteiger partial charge on any atom is 0.262 e. The molecule has 4 rings (SSSR count). The molecule has 0 saturated carbocycles. The number of benzene rings is 2. The minimum Gasteiger partial charge on any atom is -0.380 e. The molecule has 1 fully saturated rings. The third-order valence-corrected chi connectivity index (χ3v) is 7.04. The Balaban J connectivity index is 1.67. The van der Waals surface area contributed by atoms with Gasteiger partial charge in [0.2, 0.25) is 0 Å². The van der Waals surface area contributed by atoms with E-state index in [0.29, 0.717) is 10.6 Å². The molecule has 1 aliphatic rings. The summed E-state index contributed by atoms with van der Waals surface area (Å²) in [4.78, 5) is 3.99. The van der Waals surface area contributed by atoms with Gasteiger partial charge in [0.15, 0.2) is 5.03 Å². The first-order chi connectivity index (χ1) is 13.8. The molecule has 29 heavy (non-hydrogen) atoms. The highest BCUT2D eigenvalue weighted by Crippen LogP contribution is 2.34. The van der Waals surface area contributed by atoms with Crippen LogP contribution in [-0.2, 0) is 17.1 Å². The van der Waals surface area contributed by atoms with Gasteiger partial charge in [0.1, 0.15) is 5.82 Å². The summed E-state index contributed by atoms with van der Waals surface area (Å²) in [5, 5.41) is 3.93. The zero-order valence-electron chi connectivity index (χ0n) is 15.7. The van der Waals surface area contributed by atoms with Crippen LogP contribution in [0, 0.1) is 5.82 Å². The second kappa shape index (κ2) is 7.78. The van der Waals surface area contributed by atoms with Crippen molar-refractivity contribution in [2.45, 2.75) is 17.0 Å². The number of rotatable bonds is 5. The highest BCUT2D eigenvalue weighted by atomic mass is 35.5.